The number of nitrogens with one attached hydrogen (secondary N) is 3. The van der Waals surface area contributed by atoms with Crippen molar-refractivity contribution in [2.24, 2.45) is 0 Å². The molecule has 5 heteroatoms. The van der Waals surface area contributed by atoms with Gasteiger partial charge in [-0.1, -0.05) is 63.1 Å². The molecule has 0 aliphatic rings. The summed E-state index contributed by atoms with van der Waals surface area (Å²) in [6, 6.07) is 8.85. The minimum absolute atomic E-state index is 0.131. The van der Waals surface area contributed by atoms with Gasteiger partial charge in [-0.15, -0.1) is 0 Å². The Morgan fingerprint density at radius 3 is 1.92 bits per heavy atom. The van der Waals surface area contributed by atoms with Crippen LogP contribution in [0.1, 0.15) is 74.6 Å². The molecule has 140 valence electrons. The molecule has 5 nitrogen and oxygen atoms in total. The maximum atomic E-state index is 11.8. The highest BCUT2D eigenvalue weighted by Gasteiger charge is 2.06. The fourth-order valence-corrected chi connectivity index (χ4v) is 2.68. The standard InChI is InChI=1S/C20H33N3O2/c1-21-17-13-8-6-4-2-3-5-7-12-16-19(24)22-23-20(25)18-14-10-9-11-15-18/h9-11,14-15,21H,2-8,12-13,16-17H2,1H3,(H,22,24)(H,23,25). The molecule has 0 aliphatic heterocycles. The van der Waals surface area contributed by atoms with Crippen LogP contribution in [0, 0.1) is 0 Å². The Hall–Kier alpha value is -1.88. The summed E-state index contributed by atoms with van der Waals surface area (Å²) in [4.78, 5) is 23.5. The van der Waals surface area contributed by atoms with Gasteiger partial charge in [0.15, 0.2) is 0 Å². The summed E-state index contributed by atoms with van der Waals surface area (Å²) in [5.74, 6) is -0.419. The van der Waals surface area contributed by atoms with Gasteiger partial charge in [0.05, 0.1) is 0 Å². The van der Waals surface area contributed by atoms with Gasteiger partial charge in [-0.05, 0) is 38.6 Å². The minimum Gasteiger partial charge on any atom is -0.320 e. The van der Waals surface area contributed by atoms with E-state index in [-0.39, 0.29) is 11.8 Å². The lowest BCUT2D eigenvalue weighted by atomic mass is 10.1. The summed E-state index contributed by atoms with van der Waals surface area (Å²) < 4.78 is 0. The summed E-state index contributed by atoms with van der Waals surface area (Å²) in [6.45, 7) is 1.12. The van der Waals surface area contributed by atoms with Crippen LogP contribution in [0.25, 0.3) is 0 Å². The lowest BCUT2D eigenvalue weighted by Gasteiger charge is -2.07. The first kappa shape index (κ1) is 21.2. The molecule has 2 amide bonds. The topological polar surface area (TPSA) is 70.2 Å². The van der Waals surface area contributed by atoms with Gasteiger partial charge in [0.25, 0.3) is 5.91 Å². The van der Waals surface area contributed by atoms with Gasteiger partial charge in [-0.25, -0.2) is 0 Å². The van der Waals surface area contributed by atoms with Gasteiger partial charge >= 0.3 is 0 Å². The van der Waals surface area contributed by atoms with Crippen molar-refractivity contribution >= 4 is 11.8 Å². The second-order valence-corrected chi connectivity index (χ2v) is 6.40. The molecule has 0 aromatic heterocycles. The highest BCUT2D eigenvalue weighted by atomic mass is 16.2. The summed E-state index contributed by atoms with van der Waals surface area (Å²) in [5.41, 5.74) is 5.45. The minimum atomic E-state index is -0.288. The average molecular weight is 348 g/mol. The first-order valence-corrected chi connectivity index (χ1v) is 9.53. The Labute approximate surface area is 151 Å². The number of hydrogen-bond donors (Lipinski definition) is 3. The first-order valence-electron chi connectivity index (χ1n) is 9.53. The predicted molar refractivity (Wildman–Crippen MR) is 102 cm³/mol. The molecule has 0 saturated carbocycles. The van der Waals surface area contributed by atoms with E-state index in [0.717, 1.165) is 19.4 Å². The van der Waals surface area contributed by atoms with Crippen LogP contribution in [0.2, 0.25) is 0 Å². The third kappa shape index (κ3) is 11.3. The first-order chi connectivity index (χ1) is 12.2. The van der Waals surface area contributed by atoms with Crippen LogP contribution in [-0.2, 0) is 4.79 Å². The Morgan fingerprint density at radius 1 is 0.760 bits per heavy atom. The molecule has 0 unspecified atom stereocenters. The molecule has 1 aromatic carbocycles. The van der Waals surface area contributed by atoms with Gasteiger partial charge in [0.2, 0.25) is 5.91 Å². The normalized spacial score (nSPS) is 10.4. The van der Waals surface area contributed by atoms with Gasteiger partial charge in [0.1, 0.15) is 0 Å². The summed E-state index contributed by atoms with van der Waals surface area (Å²) in [7, 11) is 2.00. The van der Waals surface area contributed by atoms with Crippen LogP contribution in [0.5, 0.6) is 0 Å². The van der Waals surface area contributed by atoms with E-state index in [0.29, 0.717) is 12.0 Å². The molecule has 0 radical (unpaired) electrons. The molecule has 0 aliphatic carbocycles. The highest BCUT2D eigenvalue weighted by molar-refractivity contribution is 5.95. The van der Waals surface area contributed by atoms with E-state index < -0.39 is 0 Å². The third-order valence-corrected chi connectivity index (χ3v) is 4.18. The summed E-state index contributed by atoms with van der Waals surface area (Å²) >= 11 is 0. The monoisotopic (exact) mass is 347 g/mol. The van der Waals surface area contributed by atoms with Crippen molar-refractivity contribution in [3.63, 3.8) is 0 Å². The lowest BCUT2D eigenvalue weighted by molar-refractivity contribution is -0.122. The zero-order chi connectivity index (χ0) is 18.2. The summed E-state index contributed by atoms with van der Waals surface area (Å²) in [5, 5.41) is 3.17. The SMILES string of the molecule is CNCCCCCCCCCCCC(=O)NNC(=O)c1ccccc1. The number of unbranched alkanes of at least 4 members (excludes halogenated alkanes) is 8. The Balaban J connectivity index is 1.91. The predicted octanol–water partition coefficient (Wildman–Crippen LogP) is 3.57. The second-order valence-electron chi connectivity index (χ2n) is 6.40. The molecule has 0 saturated heterocycles. The third-order valence-electron chi connectivity index (χ3n) is 4.18. The van der Waals surface area contributed by atoms with Crippen LogP contribution in [-0.4, -0.2) is 25.4 Å². The van der Waals surface area contributed by atoms with E-state index >= 15 is 0 Å². The van der Waals surface area contributed by atoms with Gasteiger partial charge in [-0.3, -0.25) is 20.4 Å². The molecular formula is C20H33N3O2. The molecule has 0 spiro atoms. The van der Waals surface area contributed by atoms with Crippen LogP contribution in [0.15, 0.2) is 30.3 Å². The van der Waals surface area contributed by atoms with Gasteiger partial charge < -0.3 is 5.32 Å². The zero-order valence-corrected chi connectivity index (χ0v) is 15.5. The number of hydrogen-bond acceptors (Lipinski definition) is 3. The largest absolute Gasteiger partial charge is 0.320 e. The van der Waals surface area contributed by atoms with E-state index in [2.05, 4.69) is 16.2 Å². The molecular weight excluding hydrogens is 314 g/mol. The van der Waals surface area contributed by atoms with Gasteiger partial charge in [0, 0.05) is 12.0 Å². The number of benzene rings is 1. The number of amides is 2. The summed E-state index contributed by atoms with van der Waals surface area (Å²) in [6.07, 6.45) is 11.3. The quantitative estimate of drug-likeness (QED) is 0.377. The molecule has 25 heavy (non-hydrogen) atoms. The van der Waals surface area contributed by atoms with Crippen molar-refractivity contribution < 1.29 is 9.59 Å². The molecule has 0 heterocycles. The van der Waals surface area contributed by atoms with Crippen LogP contribution < -0.4 is 16.2 Å². The fourth-order valence-electron chi connectivity index (χ4n) is 2.68. The molecule has 0 atom stereocenters. The van der Waals surface area contributed by atoms with E-state index in [1.54, 1.807) is 24.3 Å². The number of carbonyl (C=O) groups is 2. The second kappa shape index (κ2) is 14.5. The van der Waals surface area contributed by atoms with Crippen molar-refractivity contribution in [3.05, 3.63) is 35.9 Å². The Kier molecular flexibility index (Phi) is 12.2. The van der Waals surface area contributed by atoms with Crippen molar-refractivity contribution in [2.75, 3.05) is 13.6 Å². The van der Waals surface area contributed by atoms with E-state index in [1.807, 2.05) is 13.1 Å². The highest BCUT2D eigenvalue weighted by Crippen LogP contribution is 2.10. The van der Waals surface area contributed by atoms with Crippen molar-refractivity contribution in [1.29, 1.82) is 0 Å². The molecule has 1 rings (SSSR count). The van der Waals surface area contributed by atoms with E-state index in [4.69, 9.17) is 0 Å². The zero-order valence-electron chi connectivity index (χ0n) is 15.5. The Morgan fingerprint density at radius 2 is 1.32 bits per heavy atom. The van der Waals surface area contributed by atoms with E-state index in [1.165, 1.54) is 44.9 Å². The number of carbonyl (C=O) groups excluding carboxylic acids is 2. The maximum Gasteiger partial charge on any atom is 0.269 e. The maximum absolute atomic E-state index is 11.8. The number of hydrazine groups is 1. The molecule has 0 bridgehead atoms. The molecule has 3 N–H and O–H groups in total. The Bertz CT molecular complexity index is 477. The van der Waals surface area contributed by atoms with Crippen molar-refractivity contribution in [2.45, 2.75) is 64.2 Å². The van der Waals surface area contributed by atoms with E-state index in [9.17, 15) is 9.59 Å². The van der Waals surface area contributed by atoms with Crippen molar-refractivity contribution in [3.8, 4) is 0 Å². The van der Waals surface area contributed by atoms with Crippen LogP contribution >= 0.6 is 0 Å². The van der Waals surface area contributed by atoms with Crippen molar-refractivity contribution in [1.82, 2.24) is 16.2 Å². The van der Waals surface area contributed by atoms with Crippen LogP contribution in [0.3, 0.4) is 0 Å². The molecule has 0 fully saturated rings. The lowest BCUT2D eigenvalue weighted by Crippen LogP contribution is -2.41. The fraction of sp³-hybridized carbons (Fsp3) is 0.600. The smallest absolute Gasteiger partial charge is 0.269 e. The number of rotatable bonds is 13. The molecule has 1 aromatic rings. The van der Waals surface area contributed by atoms with Crippen LogP contribution in [0.4, 0.5) is 0 Å². The average Bonchev–Trinajstić information content (AvgIpc) is 2.65. The van der Waals surface area contributed by atoms with Gasteiger partial charge in [-0.2, -0.15) is 0 Å².